The van der Waals surface area contributed by atoms with Crippen LogP contribution < -0.4 is 4.90 Å². The van der Waals surface area contributed by atoms with Gasteiger partial charge in [-0.15, -0.1) is 0 Å². The molecular formula is C11H13BrN4S. The van der Waals surface area contributed by atoms with Gasteiger partial charge in [-0.05, 0) is 40.6 Å². The fraction of sp³-hybridized carbons (Fsp3) is 0.455. The predicted molar refractivity (Wildman–Crippen MR) is 74.8 cm³/mol. The van der Waals surface area contributed by atoms with Crippen LogP contribution in [0.1, 0.15) is 0 Å². The fourth-order valence-electron chi connectivity index (χ4n) is 2.02. The van der Waals surface area contributed by atoms with Gasteiger partial charge in [-0.2, -0.15) is 4.37 Å². The summed E-state index contributed by atoms with van der Waals surface area (Å²) in [6.07, 6.45) is 1.84. The van der Waals surface area contributed by atoms with Crippen LogP contribution in [0.2, 0.25) is 0 Å². The molecule has 0 atom stereocenters. The number of pyridine rings is 1. The van der Waals surface area contributed by atoms with Gasteiger partial charge in [-0.25, -0.2) is 0 Å². The summed E-state index contributed by atoms with van der Waals surface area (Å²) in [7, 11) is 2.16. The summed E-state index contributed by atoms with van der Waals surface area (Å²) < 4.78 is 5.45. The maximum Gasteiger partial charge on any atom is 0.138 e. The van der Waals surface area contributed by atoms with Crippen molar-refractivity contribution in [2.75, 3.05) is 38.1 Å². The van der Waals surface area contributed by atoms with Gasteiger partial charge in [0.1, 0.15) is 16.0 Å². The van der Waals surface area contributed by atoms with Crippen molar-refractivity contribution in [3.8, 4) is 0 Å². The number of likely N-dealkylation sites (N-methyl/N-ethyl adjacent to an activating group) is 1. The molecule has 0 amide bonds. The van der Waals surface area contributed by atoms with Crippen LogP contribution in [0.4, 0.5) is 5.00 Å². The van der Waals surface area contributed by atoms with E-state index in [1.54, 1.807) is 11.5 Å². The smallest absolute Gasteiger partial charge is 0.138 e. The van der Waals surface area contributed by atoms with Crippen LogP contribution in [0, 0.1) is 0 Å². The molecule has 1 aliphatic heterocycles. The van der Waals surface area contributed by atoms with Crippen molar-refractivity contribution < 1.29 is 0 Å². The molecule has 0 unspecified atom stereocenters. The number of nitrogens with zero attached hydrogens (tertiary/aromatic N) is 4. The molecule has 0 saturated carbocycles. The van der Waals surface area contributed by atoms with Crippen molar-refractivity contribution in [3.63, 3.8) is 0 Å². The summed E-state index contributed by atoms with van der Waals surface area (Å²) in [6, 6.07) is 2.03. The minimum Gasteiger partial charge on any atom is -0.358 e. The SMILES string of the molecule is CN1CCN(c2snc3cc(Br)cnc23)CC1. The molecule has 2 aromatic heterocycles. The number of halogens is 1. The number of piperazine rings is 1. The molecule has 0 spiro atoms. The van der Waals surface area contributed by atoms with Crippen molar-refractivity contribution in [2.45, 2.75) is 0 Å². The van der Waals surface area contributed by atoms with Gasteiger partial charge in [0, 0.05) is 36.8 Å². The summed E-state index contributed by atoms with van der Waals surface area (Å²) in [4.78, 5) is 9.22. The van der Waals surface area contributed by atoms with Crippen molar-refractivity contribution in [1.82, 2.24) is 14.3 Å². The zero-order chi connectivity index (χ0) is 11.8. The number of rotatable bonds is 1. The van der Waals surface area contributed by atoms with Gasteiger partial charge >= 0.3 is 0 Å². The Morgan fingerprint density at radius 2 is 2.06 bits per heavy atom. The molecule has 0 aliphatic carbocycles. The summed E-state index contributed by atoms with van der Waals surface area (Å²) in [5, 5.41) is 1.21. The summed E-state index contributed by atoms with van der Waals surface area (Å²) in [6.45, 7) is 4.34. The molecule has 6 heteroatoms. The van der Waals surface area contributed by atoms with Gasteiger partial charge < -0.3 is 9.80 Å². The van der Waals surface area contributed by atoms with Crippen molar-refractivity contribution >= 4 is 43.5 Å². The van der Waals surface area contributed by atoms with E-state index in [2.05, 4.69) is 42.1 Å². The molecule has 17 heavy (non-hydrogen) atoms. The second-order valence-electron chi connectivity index (χ2n) is 4.30. The topological polar surface area (TPSA) is 32.3 Å². The third-order valence-electron chi connectivity index (χ3n) is 3.06. The Labute approximate surface area is 113 Å². The second-order valence-corrected chi connectivity index (χ2v) is 5.97. The first-order chi connectivity index (χ1) is 8.24. The van der Waals surface area contributed by atoms with E-state index in [1.807, 2.05) is 12.3 Å². The largest absolute Gasteiger partial charge is 0.358 e. The molecule has 2 aromatic rings. The zero-order valence-corrected chi connectivity index (χ0v) is 12.0. The monoisotopic (exact) mass is 312 g/mol. The average Bonchev–Trinajstić information content (AvgIpc) is 2.73. The molecule has 0 bridgehead atoms. The third-order valence-corrected chi connectivity index (χ3v) is 4.40. The Bertz CT molecular complexity index is 533. The normalized spacial score (nSPS) is 17.9. The van der Waals surface area contributed by atoms with Gasteiger partial charge in [0.05, 0.1) is 0 Å². The highest BCUT2D eigenvalue weighted by Gasteiger charge is 2.19. The molecular weight excluding hydrogens is 300 g/mol. The van der Waals surface area contributed by atoms with Crippen LogP contribution >= 0.6 is 27.5 Å². The van der Waals surface area contributed by atoms with Crippen LogP contribution in [0.15, 0.2) is 16.7 Å². The second kappa shape index (κ2) is 4.51. The maximum atomic E-state index is 4.48. The predicted octanol–water partition coefficient (Wildman–Crippen LogP) is 2.21. The molecule has 0 N–H and O–H groups in total. The standard InChI is InChI=1S/C11H13BrN4S/c1-15-2-4-16(5-3-15)11-10-9(14-17-11)6-8(12)7-13-10/h6-7H,2-5H2,1H3. The molecule has 0 aromatic carbocycles. The highest BCUT2D eigenvalue weighted by Crippen LogP contribution is 2.31. The number of hydrogen-bond acceptors (Lipinski definition) is 5. The van der Waals surface area contributed by atoms with Crippen molar-refractivity contribution in [3.05, 3.63) is 16.7 Å². The molecule has 4 nitrogen and oxygen atoms in total. The van der Waals surface area contributed by atoms with Crippen LogP contribution in [0.25, 0.3) is 11.0 Å². The van der Waals surface area contributed by atoms with Gasteiger partial charge in [0.15, 0.2) is 0 Å². The van der Waals surface area contributed by atoms with Gasteiger partial charge in [0.25, 0.3) is 0 Å². The van der Waals surface area contributed by atoms with E-state index < -0.39 is 0 Å². The van der Waals surface area contributed by atoms with E-state index >= 15 is 0 Å². The van der Waals surface area contributed by atoms with Gasteiger partial charge in [-0.3, -0.25) is 4.98 Å². The molecule has 90 valence electrons. The lowest BCUT2D eigenvalue weighted by atomic mass is 10.3. The first-order valence-corrected chi connectivity index (χ1v) is 7.15. The first kappa shape index (κ1) is 11.4. The minimum atomic E-state index is 0.985. The van der Waals surface area contributed by atoms with E-state index in [0.29, 0.717) is 0 Å². The van der Waals surface area contributed by atoms with Crippen molar-refractivity contribution in [2.24, 2.45) is 0 Å². The molecule has 1 fully saturated rings. The van der Waals surface area contributed by atoms with E-state index in [9.17, 15) is 0 Å². The highest BCUT2D eigenvalue weighted by atomic mass is 79.9. The van der Waals surface area contributed by atoms with Gasteiger partial charge in [0.2, 0.25) is 0 Å². The summed E-state index contributed by atoms with van der Waals surface area (Å²) >= 11 is 4.98. The highest BCUT2D eigenvalue weighted by molar-refractivity contribution is 9.10. The lowest BCUT2D eigenvalue weighted by Crippen LogP contribution is -2.44. The molecule has 3 heterocycles. The third kappa shape index (κ3) is 2.17. The lowest BCUT2D eigenvalue weighted by molar-refractivity contribution is 0.313. The van der Waals surface area contributed by atoms with Crippen LogP contribution in [-0.2, 0) is 0 Å². The maximum absolute atomic E-state index is 4.48. The van der Waals surface area contributed by atoms with Crippen LogP contribution in [0.3, 0.4) is 0 Å². The van der Waals surface area contributed by atoms with E-state index in [4.69, 9.17) is 0 Å². The number of anilines is 1. The average molecular weight is 313 g/mol. The first-order valence-electron chi connectivity index (χ1n) is 5.58. The number of hydrogen-bond donors (Lipinski definition) is 0. The van der Waals surface area contributed by atoms with E-state index in [0.717, 1.165) is 41.7 Å². The summed E-state index contributed by atoms with van der Waals surface area (Å²) in [5.41, 5.74) is 2.01. The zero-order valence-electron chi connectivity index (χ0n) is 9.56. The van der Waals surface area contributed by atoms with Crippen LogP contribution in [-0.4, -0.2) is 47.5 Å². The van der Waals surface area contributed by atoms with E-state index in [-0.39, 0.29) is 0 Å². The Kier molecular flexibility index (Phi) is 3.02. The Morgan fingerprint density at radius 3 is 2.82 bits per heavy atom. The molecule has 0 radical (unpaired) electrons. The summed E-state index contributed by atoms with van der Waals surface area (Å²) in [5.74, 6) is 0. The molecule has 1 saturated heterocycles. The Balaban J connectivity index is 1.95. The lowest BCUT2D eigenvalue weighted by Gasteiger charge is -2.32. The Morgan fingerprint density at radius 1 is 1.29 bits per heavy atom. The number of fused-ring (bicyclic) bond motifs is 1. The number of aromatic nitrogens is 2. The minimum absolute atomic E-state index is 0.985. The van der Waals surface area contributed by atoms with Crippen LogP contribution in [0.5, 0.6) is 0 Å². The van der Waals surface area contributed by atoms with Gasteiger partial charge in [-0.1, -0.05) is 0 Å². The van der Waals surface area contributed by atoms with E-state index in [1.165, 1.54) is 5.00 Å². The Hall–Kier alpha value is -0.720. The molecule has 1 aliphatic rings. The van der Waals surface area contributed by atoms with Crippen molar-refractivity contribution in [1.29, 1.82) is 0 Å². The molecule has 3 rings (SSSR count). The fourth-order valence-corrected chi connectivity index (χ4v) is 3.20. The quantitative estimate of drug-likeness (QED) is 0.808.